The van der Waals surface area contributed by atoms with Crippen molar-refractivity contribution in [1.29, 1.82) is 0 Å². The molecule has 0 aromatic rings. The summed E-state index contributed by atoms with van der Waals surface area (Å²) < 4.78 is 5.70. The molecular formula is C11H22Cl2O2Si2. The molecule has 0 aromatic carbocycles. The van der Waals surface area contributed by atoms with Gasteiger partial charge in [0.15, 0.2) is 14.8 Å². The number of halogens is 2. The molecule has 0 fully saturated rings. The van der Waals surface area contributed by atoms with Crippen LogP contribution in [0.25, 0.3) is 0 Å². The summed E-state index contributed by atoms with van der Waals surface area (Å²) in [6.45, 7) is 15.1. The average molecular weight is 313 g/mol. The molecule has 0 rings (SSSR count). The summed E-state index contributed by atoms with van der Waals surface area (Å²) in [4.78, 5) is 11.1. The molecule has 100 valence electrons. The second-order valence-corrected chi connectivity index (χ2v) is 19.0. The molecule has 0 aromatic heterocycles. The summed E-state index contributed by atoms with van der Waals surface area (Å²) in [5, 5.41) is 0. The van der Waals surface area contributed by atoms with Gasteiger partial charge in [-0.05, 0) is 13.3 Å². The summed E-state index contributed by atoms with van der Waals surface area (Å²) in [6.07, 6.45) is 0.650. The molecule has 0 aliphatic heterocycles. The van der Waals surface area contributed by atoms with Crippen molar-refractivity contribution in [3.63, 3.8) is 0 Å². The zero-order valence-electron chi connectivity index (χ0n) is 11.5. The van der Waals surface area contributed by atoms with E-state index in [1.54, 1.807) is 6.92 Å². The van der Waals surface area contributed by atoms with Gasteiger partial charge in [0, 0.05) is 5.57 Å². The SMILES string of the molecule is C=C(C)C(=O)OC(CC)([Si](C)(C)Cl)[Si](C)(C)Cl. The van der Waals surface area contributed by atoms with E-state index in [0.29, 0.717) is 12.0 Å². The van der Waals surface area contributed by atoms with E-state index in [9.17, 15) is 4.79 Å². The number of carbonyl (C=O) groups is 1. The van der Waals surface area contributed by atoms with E-state index >= 15 is 0 Å². The Hall–Kier alpha value is 0.224. The van der Waals surface area contributed by atoms with Gasteiger partial charge in [-0.25, -0.2) is 4.79 Å². The van der Waals surface area contributed by atoms with Crippen LogP contribution in [-0.2, 0) is 9.53 Å². The van der Waals surface area contributed by atoms with Crippen molar-refractivity contribution < 1.29 is 9.53 Å². The zero-order chi connectivity index (χ0) is 14.1. The van der Waals surface area contributed by atoms with Crippen molar-refractivity contribution >= 4 is 42.9 Å². The molecule has 17 heavy (non-hydrogen) atoms. The fourth-order valence-electron chi connectivity index (χ4n) is 2.11. The third-order valence-corrected chi connectivity index (χ3v) is 14.3. The third kappa shape index (κ3) is 3.59. The number of hydrogen-bond donors (Lipinski definition) is 0. The Bertz CT molecular complexity index is 302. The van der Waals surface area contributed by atoms with Gasteiger partial charge in [0.1, 0.15) is 4.85 Å². The zero-order valence-corrected chi connectivity index (χ0v) is 15.0. The topological polar surface area (TPSA) is 26.3 Å². The molecule has 0 N–H and O–H groups in total. The second kappa shape index (κ2) is 5.47. The van der Waals surface area contributed by atoms with Crippen LogP contribution in [0.3, 0.4) is 0 Å². The lowest BCUT2D eigenvalue weighted by Gasteiger charge is -2.46. The third-order valence-electron chi connectivity index (χ3n) is 3.03. The van der Waals surface area contributed by atoms with Crippen molar-refractivity contribution in [2.24, 2.45) is 0 Å². The second-order valence-electron chi connectivity index (χ2n) is 5.30. The predicted octanol–water partition coefficient (Wildman–Crippen LogP) is 4.22. The lowest BCUT2D eigenvalue weighted by Crippen LogP contribution is -2.66. The van der Waals surface area contributed by atoms with Crippen LogP contribution in [0, 0.1) is 0 Å². The van der Waals surface area contributed by atoms with E-state index in [-0.39, 0.29) is 0 Å². The van der Waals surface area contributed by atoms with Crippen molar-refractivity contribution in [3.05, 3.63) is 12.2 Å². The molecule has 0 spiro atoms. The van der Waals surface area contributed by atoms with Gasteiger partial charge >= 0.3 is 5.97 Å². The molecule has 0 bridgehead atoms. The maximum atomic E-state index is 11.8. The van der Waals surface area contributed by atoms with Crippen LogP contribution in [0.15, 0.2) is 12.2 Å². The molecule has 0 unspecified atom stereocenters. The normalized spacial score (nSPS) is 13.4. The molecular weight excluding hydrogens is 291 g/mol. The molecule has 0 atom stereocenters. The summed E-state index contributed by atoms with van der Waals surface area (Å²) in [7, 11) is -4.53. The molecule has 6 heteroatoms. The molecule has 0 radical (unpaired) electrons. The molecule has 0 saturated heterocycles. The van der Waals surface area contributed by atoms with Gasteiger partial charge in [-0.1, -0.05) is 39.7 Å². The van der Waals surface area contributed by atoms with Crippen molar-refractivity contribution in [2.75, 3.05) is 0 Å². The Balaban J connectivity index is 5.54. The number of ether oxygens (including phenoxy) is 1. The fraction of sp³-hybridized carbons (Fsp3) is 0.727. The molecule has 0 aliphatic carbocycles. The predicted molar refractivity (Wildman–Crippen MR) is 80.6 cm³/mol. The van der Waals surface area contributed by atoms with Gasteiger partial charge in [0.25, 0.3) is 0 Å². The number of rotatable bonds is 5. The Morgan fingerprint density at radius 2 is 1.59 bits per heavy atom. The van der Waals surface area contributed by atoms with E-state index in [1.807, 2.05) is 33.1 Å². The van der Waals surface area contributed by atoms with Gasteiger partial charge in [0.05, 0.1) is 0 Å². The van der Waals surface area contributed by atoms with Gasteiger partial charge in [-0.2, -0.15) is 22.2 Å². The number of esters is 1. The lowest BCUT2D eigenvalue weighted by molar-refractivity contribution is -0.143. The highest BCUT2D eigenvalue weighted by molar-refractivity contribution is 7.34. The first kappa shape index (κ1) is 17.2. The molecule has 0 aliphatic rings. The van der Waals surface area contributed by atoms with E-state index in [2.05, 4.69) is 6.58 Å². The van der Waals surface area contributed by atoms with Crippen LogP contribution in [0.2, 0.25) is 26.2 Å². The Morgan fingerprint density at radius 1 is 1.24 bits per heavy atom. The van der Waals surface area contributed by atoms with Crippen molar-refractivity contribution in [1.82, 2.24) is 0 Å². The van der Waals surface area contributed by atoms with Gasteiger partial charge in [0.2, 0.25) is 0 Å². The summed E-state index contributed by atoms with van der Waals surface area (Å²) in [5.74, 6) is -0.394. The van der Waals surface area contributed by atoms with Crippen LogP contribution in [0.5, 0.6) is 0 Å². The smallest absolute Gasteiger partial charge is 0.333 e. The van der Waals surface area contributed by atoms with E-state index < -0.39 is 25.6 Å². The van der Waals surface area contributed by atoms with Crippen LogP contribution in [0.1, 0.15) is 20.3 Å². The van der Waals surface area contributed by atoms with Gasteiger partial charge in [-0.3, -0.25) is 0 Å². The summed E-state index contributed by atoms with van der Waals surface area (Å²) in [5.41, 5.74) is 0.382. The van der Waals surface area contributed by atoms with Gasteiger partial charge < -0.3 is 4.74 Å². The van der Waals surface area contributed by atoms with Crippen molar-refractivity contribution in [2.45, 2.75) is 51.3 Å². The van der Waals surface area contributed by atoms with Crippen LogP contribution >= 0.6 is 22.2 Å². The minimum Gasteiger partial charge on any atom is -0.460 e. The fourth-order valence-corrected chi connectivity index (χ4v) is 15.8. The van der Waals surface area contributed by atoms with E-state index in [0.717, 1.165) is 0 Å². The molecule has 0 saturated carbocycles. The van der Waals surface area contributed by atoms with Crippen LogP contribution in [0.4, 0.5) is 0 Å². The Labute approximate surface area is 116 Å². The molecule has 0 amide bonds. The van der Waals surface area contributed by atoms with E-state index in [1.165, 1.54) is 0 Å². The number of carbonyl (C=O) groups excluding carboxylic acids is 1. The molecule has 0 heterocycles. The Morgan fingerprint density at radius 3 is 1.76 bits per heavy atom. The lowest BCUT2D eigenvalue weighted by atomic mass is 10.4. The van der Waals surface area contributed by atoms with E-state index in [4.69, 9.17) is 26.9 Å². The van der Waals surface area contributed by atoms with Crippen LogP contribution < -0.4 is 0 Å². The summed E-state index contributed by atoms with van der Waals surface area (Å²) >= 11 is 13.1. The highest BCUT2D eigenvalue weighted by atomic mass is 35.6. The molecule has 2 nitrogen and oxygen atoms in total. The quantitative estimate of drug-likeness (QED) is 0.329. The minimum absolute atomic E-state index is 0.382. The monoisotopic (exact) mass is 312 g/mol. The first-order valence-electron chi connectivity index (χ1n) is 5.65. The number of hydrogen-bond acceptors (Lipinski definition) is 2. The first-order chi connectivity index (χ1) is 7.39. The highest BCUT2D eigenvalue weighted by Crippen LogP contribution is 2.42. The average Bonchev–Trinajstić information content (AvgIpc) is 2.09. The van der Waals surface area contributed by atoms with Gasteiger partial charge in [-0.15, -0.1) is 0 Å². The first-order valence-corrected chi connectivity index (χ1v) is 13.7. The largest absolute Gasteiger partial charge is 0.460 e. The Kier molecular flexibility index (Phi) is 5.54. The van der Waals surface area contributed by atoms with Crippen molar-refractivity contribution in [3.8, 4) is 0 Å². The summed E-state index contributed by atoms with van der Waals surface area (Å²) in [6, 6.07) is 0. The standard InChI is InChI=1S/C11H22Cl2O2Si2/c1-8-11(16(4,5)12,17(6,7)13)15-10(14)9(2)3/h2,8H2,1,3-7H3. The minimum atomic E-state index is -2.26. The maximum absolute atomic E-state index is 11.8. The van der Waals surface area contributed by atoms with Crippen LogP contribution in [-0.4, -0.2) is 25.6 Å². The maximum Gasteiger partial charge on any atom is 0.333 e. The highest BCUT2D eigenvalue weighted by Gasteiger charge is 2.59.